The molecule has 0 aliphatic carbocycles. The molecule has 0 unspecified atom stereocenters. The first-order chi connectivity index (χ1) is 11.1. The molecule has 0 radical (unpaired) electrons. The number of carbonyl (C=O) groups is 2. The molecule has 1 aliphatic heterocycles. The average molecular weight is 333 g/mol. The van der Waals surface area contributed by atoms with Gasteiger partial charge in [0.2, 0.25) is 5.91 Å². The Hall–Kier alpha value is -2.15. The van der Waals surface area contributed by atoms with Crippen LogP contribution in [-0.4, -0.2) is 38.2 Å². The van der Waals surface area contributed by atoms with Gasteiger partial charge in [-0.05, 0) is 24.3 Å². The van der Waals surface area contributed by atoms with Crippen LogP contribution in [0.4, 0.5) is 0 Å². The summed E-state index contributed by atoms with van der Waals surface area (Å²) in [5.74, 6) is -1.42. The first-order valence-corrected chi connectivity index (χ1v) is 8.47. The number of aliphatic carboxylic acids is 1. The summed E-state index contributed by atoms with van der Waals surface area (Å²) in [6.45, 7) is 0.530. The number of nitrogens with zero attached hydrogens (tertiary/aromatic N) is 3. The fourth-order valence-electron chi connectivity index (χ4n) is 3.17. The lowest BCUT2D eigenvalue weighted by molar-refractivity contribution is -0.152. The van der Waals surface area contributed by atoms with Gasteiger partial charge in [0.25, 0.3) is 0 Å². The second-order valence-corrected chi connectivity index (χ2v) is 6.82. The molecule has 3 rings (SSSR count). The van der Waals surface area contributed by atoms with Gasteiger partial charge >= 0.3 is 5.97 Å². The first kappa shape index (κ1) is 15.7. The third kappa shape index (κ3) is 3.29. The molecule has 7 heteroatoms. The maximum Gasteiger partial charge on any atom is 0.308 e. The lowest BCUT2D eigenvalue weighted by atomic mass is 9.85. The number of piperidine rings is 1. The number of thiophene rings is 1. The second kappa shape index (κ2) is 6.54. The Morgan fingerprint density at radius 3 is 2.96 bits per heavy atom. The van der Waals surface area contributed by atoms with Crippen molar-refractivity contribution in [2.75, 3.05) is 6.54 Å². The van der Waals surface area contributed by atoms with Crippen molar-refractivity contribution in [2.24, 2.45) is 13.0 Å². The zero-order chi connectivity index (χ0) is 16.4. The number of carbonyl (C=O) groups excluding carboxylic acids is 1. The van der Waals surface area contributed by atoms with Crippen molar-refractivity contribution in [1.29, 1.82) is 0 Å². The summed E-state index contributed by atoms with van der Waals surface area (Å²) >= 11 is 1.65. The van der Waals surface area contributed by atoms with Crippen LogP contribution in [0.1, 0.15) is 29.3 Å². The van der Waals surface area contributed by atoms with Crippen LogP contribution in [0.15, 0.2) is 29.9 Å². The number of rotatable bonds is 5. The van der Waals surface area contributed by atoms with Gasteiger partial charge in [0.05, 0.1) is 18.2 Å². The molecule has 0 saturated carbocycles. The molecule has 2 aromatic heterocycles. The van der Waals surface area contributed by atoms with E-state index in [9.17, 15) is 14.7 Å². The molecule has 2 atom stereocenters. The van der Waals surface area contributed by atoms with Gasteiger partial charge in [0.15, 0.2) is 0 Å². The van der Waals surface area contributed by atoms with Gasteiger partial charge in [0.1, 0.15) is 0 Å². The zero-order valence-electron chi connectivity index (χ0n) is 12.9. The third-order valence-electron chi connectivity index (χ3n) is 4.27. The Morgan fingerprint density at radius 1 is 1.52 bits per heavy atom. The Balaban J connectivity index is 1.87. The molecule has 23 heavy (non-hydrogen) atoms. The minimum absolute atomic E-state index is 0.0212. The number of likely N-dealkylation sites (tertiary alicyclic amines) is 1. The Bertz CT molecular complexity index is 695. The van der Waals surface area contributed by atoms with Crippen molar-refractivity contribution in [3.63, 3.8) is 0 Å². The van der Waals surface area contributed by atoms with Crippen LogP contribution < -0.4 is 0 Å². The van der Waals surface area contributed by atoms with Crippen LogP contribution in [0.5, 0.6) is 0 Å². The SMILES string of the molecule is Cn1cc([C@@H]2[C@@H](C(=O)O)CCC(=O)N2CCc2cccs2)cn1. The number of hydrogen-bond donors (Lipinski definition) is 1. The van der Waals surface area contributed by atoms with Crippen LogP contribution in [0.2, 0.25) is 0 Å². The van der Waals surface area contributed by atoms with Gasteiger partial charge in [-0.15, -0.1) is 11.3 Å². The molecule has 0 aromatic carbocycles. The summed E-state index contributed by atoms with van der Waals surface area (Å²) in [4.78, 5) is 27.0. The molecular formula is C16H19N3O3S. The number of aromatic nitrogens is 2. The summed E-state index contributed by atoms with van der Waals surface area (Å²) in [7, 11) is 1.79. The molecule has 1 fully saturated rings. The van der Waals surface area contributed by atoms with E-state index < -0.39 is 17.9 Å². The van der Waals surface area contributed by atoms with Crippen LogP contribution >= 0.6 is 11.3 Å². The molecule has 1 N–H and O–H groups in total. The Morgan fingerprint density at radius 2 is 2.35 bits per heavy atom. The number of hydrogen-bond acceptors (Lipinski definition) is 4. The summed E-state index contributed by atoms with van der Waals surface area (Å²) < 4.78 is 1.64. The highest BCUT2D eigenvalue weighted by Crippen LogP contribution is 2.37. The molecule has 6 nitrogen and oxygen atoms in total. The van der Waals surface area contributed by atoms with Gasteiger partial charge < -0.3 is 10.0 Å². The summed E-state index contributed by atoms with van der Waals surface area (Å²) in [5.41, 5.74) is 0.791. The van der Waals surface area contributed by atoms with Crippen LogP contribution in [-0.2, 0) is 23.1 Å². The number of amides is 1. The molecule has 122 valence electrons. The number of carboxylic acid groups (broad SMARTS) is 1. The van der Waals surface area contributed by atoms with Crippen LogP contribution in [0, 0.1) is 5.92 Å². The fourth-order valence-corrected chi connectivity index (χ4v) is 3.86. The molecule has 1 amide bonds. The van der Waals surface area contributed by atoms with Crippen LogP contribution in [0.3, 0.4) is 0 Å². The molecule has 2 aromatic rings. The monoisotopic (exact) mass is 333 g/mol. The third-order valence-corrected chi connectivity index (χ3v) is 5.21. The van der Waals surface area contributed by atoms with Crippen molar-refractivity contribution in [3.05, 3.63) is 40.3 Å². The Labute approximate surface area is 138 Å². The van der Waals surface area contributed by atoms with Crippen LogP contribution in [0.25, 0.3) is 0 Å². The highest BCUT2D eigenvalue weighted by molar-refractivity contribution is 7.09. The van der Waals surface area contributed by atoms with Gasteiger partial charge in [-0.1, -0.05) is 6.07 Å². The minimum atomic E-state index is -0.854. The maximum atomic E-state index is 12.4. The fraction of sp³-hybridized carbons (Fsp3) is 0.438. The molecule has 1 saturated heterocycles. The van der Waals surface area contributed by atoms with Crippen molar-refractivity contribution in [2.45, 2.75) is 25.3 Å². The van der Waals surface area contributed by atoms with Crippen molar-refractivity contribution in [3.8, 4) is 0 Å². The van der Waals surface area contributed by atoms with Crippen molar-refractivity contribution in [1.82, 2.24) is 14.7 Å². The Kier molecular flexibility index (Phi) is 4.47. The molecule has 3 heterocycles. The first-order valence-electron chi connectivity index (χ1n) is 7.59. The summed E-state index contributed by atoms with van der Waals surface area (Å²) in [6, 6.07) is 3.58. The summed E-state index contributed by atoms with van der Waals surface area (Å²) in [5, 5.41) is 15.7. The number of carboxylic acids is 1. The predicted octanol–water partition coefficient (Wildman–Crippen LogP) is 2.09. The van der Waals surface area contributed by atoms with Gasteiger partial charge in [0, 0.05) is 36.7 Å². The van der Waals surface area contributed by atoms with E-state index in [4.69, 9.17) is 0 Å². The lowest BCUT2D eigenvalue weighted by Gasteiger charge is -2.39. The van der Waals surface area contributed by atoms with E-state index in [-0.39, 0.29) is 12.3 Å². The second-order valence-electron chi connectivity index (χ2n) is 5.79. The molecule has 0 spiro atoms. The smallest absolute Gasteiger partial charge is 0.308 e. The van der Waals surface area contributed by atoms with E-state index in [0.717, 1.165) is 12.0 Å². The van der Waals surface area contributed by atoms with E-state index in [2.05, 4.69) is 5.10 Å². The lowest BCUT2D eigenvalue weighted by Crippen LogP contribution is -2.46. The van der Waals surface area contributed by atoms with E-state index in [1.54, 1.807) is 40.4 Å². The maximum absolute atomic E-state index is 12.4. The molecular weight excluding hydrogens is 314 g/mol. The van der Waals surface area contributed by atoms with Gasteiger partial charge in [-0.3, -0.25) is 14.3 Å². The van der Waals surface area contributed by atoms with E-state index in [1.165, 1.54) is 4.88 Å². The normalized spacial score (nSPS) is 21.6. The largest absolute Gasteiger partial charge is 0.481 e. The standard InChI is InChI=1S/C16H19N3O3S/c1-18-10-11(9-17-18)15-13(16(21)22)4-5-14(20)19(15)7-6-12-3-2-8-23-12/h2-3,8-10,13,15H,4-7H2,1H3,(H,21,22)/t13-,15+/m0/s1. The highest BCUT2D eigenvalue weighted by atomic mass is 32.1. The van der Waals surface area contributed by atoms with E-state index in [0.29, 0.717) is 13.0 Å². The highest BCUT2D eigenvalue weighted by Gasteiger charge is 2.41. The van der Waals surface area contributed by atoms with E-state index in [1.807, 2.05) is 17.5 Å². The predicted molar refractivity (Wildman–Crippen MR) is 86.0 cm³/mol. The molecule has 1 aliphatic rings. The minimum Gasteiger partial charge on any atom is -0.481 e. The van der Waals surface area contributed by atoms with Gasteiger partial charge in [-0.25, -0.2) is 0 Å². The summed E-state index contributed by atoms with van der Waals surface area (Å²) in [6.07, 6.45) is 4.88. The number of aryl methyl sites for hydroxylation is 1. The van der Waals surface area contributed by atoms with Crippen molar-refractivity contribution < 1.29 is 14.7 Å². The quantitative estimate of drug-likeness (QED) is 0.909. The zero-order valence-corrected chi connectivity index (χ0v) is 13.7. The topological polar surface area (TPSA) is 75.4 Å². The van der Waals surface area contributed by atoms with Gasteiger partial charge in [-0.2, -0.15) is 5.10 Å². The van der Waals surface area contributed by atoms with Crippen molar-refractivity contribution >= 4 is 23.2 Å². The molecule has 0 bridgehead atoms. The van der Waals surface area contributed by atoms with E-state index >= 15 is 0 Å². The average Bonchev–Trinajstić information content (AvgIpc) is 3.16.